The number of ether oxygens (including phenoxy) is 2. The van der Waals surface area contributed by atoms with Crippen molar-refractivity contribution in [1.82, 2.24) is 14.5 Å². The summed E-state index contributed by atoms with van der Waals surface area (Å²) < 4.78 is 84.7. The molecule has 10 nitrogen and oxygen atoms in total. The summed E-state index contributed by atoms with van der Waals surface area (Å²) in [5, 5.41) is 2.61. The highest BCUT2D eigenvalue weighted by Gasteiger charge is 2.35. The Morgan fingerprint density at radius 1 is 0.918 bits per heavy atom. The number of nitrogens with two attached hydrogens (primary N) is 1. The molecular weight excluding hydrogens is 655 g/mol. The third kappa shape index (κ3) is 8.52. The van der Waals surface area contributed by atoms with Gasteiger partial charge in [-0.05, 0) is 51.5 Å². The van der Waals surface area contributed by atoms with E-state index in [-0.39, 0.29) is 5.69 Å². The molecule has 0 fully saturated rings. The Morgan fingerprint density at radius 3 is 2.18 bits per heavy atom. The number of nitrogens with one attached hydrogen (secondary N) is 1. The number of halogens is 5. The zero-order chi connectivity index (χ0) is 36.3. The number of amides is 2. The van der Waals surface area contributed by atoms with Crippen LogP contribution in [0.25, 0.3) is 11.1 Å². The fraction of sp³-hybridized carbons (Fsp3) is 0.294. The molecule has 0 saturated carbocycles. The van der Waals surface area contributed by atoms with Gasteiger partial charge in [0.05, 0.1) is 30.3 Å². The van der Waals surface area contributed by atoms with Crippen LogP contribution in [-0.2, 0) is 28.8 Å². The Morgan fingerprint density at radius 2 is 1.57 bits per heavy atom. The number of benzene rings is 3. The minimum Gasteiger partial charge on any atom is -0.481 e. The van der Waals surface area contributed by atoms with Gasteiger partial charge in [0, 0.05) is 16.8 Å². The van der Waals surface area contributed by atoms with Gasteiger partial charge in [-0.2, -0.15) is 13.2 Å². The van der Waals surface area contributed by atoms with Crippen LogP contribution in [0.2, 0.25) is 0 Å². The van der Waals surface area contributed by atoms with E-state index in [1.807, 2.05) is 0 Å². The largest absolute Gasteiger partial charge is 0.481 e. The van der Waals surface area contributed by atoms with Crippen LogP contribution in [0, 0.1) is 18.6 Å². The number of carbonyl (C=O) groups is 2. The molecule has 4 aromatic rings. The molecule has 4 rings (SSSR count). The Bertz CT molecular complexity index is 1980. The summed E-state index contributed by atoms with van der Waals surface area (Å²) in [7, 11) is 0. The maximum Gasteiger partial charge on any atom is 0.416 e. The maximum atomic E-state index is 15.9. The highest BCUT2D eigenvalue weighted by Crippen LogP contribution is 2.34. The van der Waals surface area contributed by atoms with Gasteiger partial charge in [0.15, 0.2) is 18.2 Å². The van der Waals surface area contributed by atoms with Gasteiger partial charge in [-0.1, -0.05) is 48.5 Å². The van der Waals surface area contributed by atoms with E-state index < -0.39 is 100 Å². The molecule has 1 atom stereocenters. The van der Waals surface area contributed by atoms with Crippen LogP contribution < -0.4 is 27.0 Å². The van der Waals surface area contributed by atoms with Crippen molar-refractivity contribution >= 4 is 12.0 Å². The van der Waals surface area contributed by atoms with E-state index in [9.17, 15) is 32.3 Å². The molecule has 3 aromatic carbocycles. The monoisotopic (exact) mass is 688 g/mol. The number of alkyl carbamates (subject to hydrolysis) is 1. The summed E-state index contributed by atoms with van der Waals surface area (Å²) in [6.07, 6.45) is -5.92. The van der Waals surface area contributed by atoms with E-state index in [2.05, 4.69) is 5.32 Å². The van der Waals surface area contributed by atoms with E-state index in [1.54, 1.807) is 51.1 Å². The van der Waals surface area contributed by atoms with E-state index >= 15 is 8.78 Å². The van der Waals surface area contributed by atoms with Gasteiger partial charge in [0.2, 0.25) is 0 Å². The Hall–Kier alpha value is -5.47. The fourth-order valence-electron chi connectivity index (χ4n) is 5.12. The molecule has 0 bridgehead atoms. The average molecular weight is 689 g/mol. The summed E-state index contributed by atoms with van der Waals surface area (Å²) in [5.41, 5.74) is -1.14. The first-order valence-corrected chi connectivity index (χ1v) is 14.8. The third-order valence-electron chi connectivity index (χ3n) is 7.29. The van der Waals surface area contributed by atoms with Gasteiger partial charge in [-0.3, -0.25) is 18.7 Å². The van der Waals surface area contributed by atoms with Crippen molar-refractivity contribution < 1.29 is 41.0 Å². The van der Waals surface area contributed by atoms with Crippen LogP contribution in [0.3, 0.4) is 0 Å². The van der Waals surface area contributed by atoms with Crippen LogP contribution in [0.1, 0.15) is 49.2 Å². The first-order chi connectivity index (χ1) is 22.9. The number of rotatable bonds is 10. The van der Waals surface area contributed by atoms with Gasteiger partial charge >= 0.3 is 18.0 Å². The van der Waals surface area contributed by atoms with Crippen LogP contribution in [-0.4, -0.2) is 33.3 Å². The smallest absolute Gasteiger partial charge is 0.416 e. The minimum atomic E-state index is -5.01. The molecule has 0 aliphatic heterocycles. The lowest BCUT2D eigenvalue weighted by molar-refractivity contribution is -0.138. The minimum absolute atomic E-state index is 0.301. The van der Waals surface area contributed by atoms with Crippen LogP contribution in [0.5, 0.6) is 5.75 Å². The molecule has 260 valence electrons. The standard InChI is InChI=1S/C34H33F5N4O6/c1-19-28(21-12-8-15-26(29(21)36)48-18-27(40)44)30(45)43(17-25(20-10-6-5-7-11-20)41-31(46)49-33(2,3)4)32(47)42(19)16-22-23(34(37,38)39)13-9-14-24(22)35/h5-15,25H,16-18H2,1-4H3,(H2,40,44)(H,41,46). The van der Waals surface area contributed by atoms with Gasteiger partial charge in [0.25, 0.3) is 11.5 Å². The van der Waals surface area contributed by atoms with Crippen molar-refractivity contribution in [3.05, 3.63) is 122 Å². The molecule has 0 aliphatic rings. The normalized spacial score (nSPS) is 12.3. The number of alkyl halides is 3. The van der Waals surface area contributed by atoms with Crippen molar-refractivity contribution in [2.75, 3.05) is 6.61 Å². The first kappa shape index (κ1) is 36.4. The Balaban J connectivity index is 2.00. The summed E-state index contributed by atoms with van der Waals surface area (Å²) >= 11 is 0. The molecule has 1 unspecified atom stereocenters. The van der Waals surface area contributed by atoms with Crippen LogP contribution in [0.15, 0.2) is 76.3 Å². The molecule has 1 aromatic heterocycles. The van der Waals surface area contributed by atoms with Crippen molar-refractivity contribution in [3.8, 4) is 16.9 Å². The second-order valence-electron chi connectivity index (χ2n) is 12.0. The number of hydrogen-bond donors (Lipinski definition) is 2. The van der Waals surface area contributed by atoms with Crippen molar-refractivity contribution in [2.45, 2.75) is 58.6 Å². The van der Waals surface area contributed by atoms with Crippen LogP contribution >= 0.6 is 0 Å². The van der Waals surface area contributed by atoms with E-state index in [1.165, 1.54) is 13.0 Å². The van der Waals surface area contributed by atoms with Gasteiger partial charge in [-0.15, -0.1) is 0 Å². The number of carbonyl (C=O) groups excluding carboxylic acids is 2. The fourth-order valence-corrected chi connectivity index (χ4v) is 5.12. The number of aromatic nitrogens is 2. The lowest BCUT2D eigenvalue weighted by atomic mass is 10.0. The molecule has 3 N–H and O–H groups in total. The zero-order valence-corrected chi connectivity index (χ0v) is 26.9. The molecular formula is C34H33F5N4O6. The number of primary amides is 1. The highest BCUT2D eigenvalue weighted by atomic mass is 19.4. The van der Waals surface area contributed by atoms with Crippen molar-refractivity contribution in [3.63, 3.8) is 0 Å². The molecule has 0 aliphatic carbocycles. The molecule has 0 saturated heterocycles. The molecule has 2 amide bonds. The van der Waals surface area contributed by atoms with Gasteiger partial charge in [-0.25, -0.2) is 18.4 Å². The third-order valence-corrected chi connectivity index (χ3v) is 7.29. The second-order valence-corrected chi connectivity index (χ2v) is 12.0. The molecule has 49 heavy (non-hydrogen) atoms. The zero-order valence-electron chi connectivity index (χ0n) is 26.9. The van der Waals surface area contributed by atoms with Crippen molar-refractivity contribution in [1.29, 1.82) is 0 Å². The molecule has 0 spiro atoms. The highest BCUT2D eigenvalue weighted by molar-refractivity contribution is 5.75. The average Bonchev–Trinajstić information content (AvgIpc) is 3.00. The summed E-state index contributed by atoms with van der Waals surface area (Å²) in [6.45, 7) is 3.73. The summed E-state index contributed by atoms with van der Waals surface area (Å²) in [4.78, 5) is 52.4. The quantitative estimate of drug-likeness (QED) is 0.213. The first-order valence-electron chi connectivity index (χ1n) is 14.8. The lowest BCUT2D eigenvalue weighted by Crippen LogP contribution is -2.46. The second kappa shape index (κ2) is 14.3. The molecule has 0 radical (unpaired) electrons. The number of hydrogen-bond acceptors (Lipinski definition) is 6. The Labute approximate surface area is 276 Å². The Kier molecular flexibility index (Phi) is 10.6. The topological polar surface area (TPSA) is 135 Å². The number of nitrogens with zero attached hydrogens (tertiary/aromatic N) is 2. The van der Waals surface area contributed by atoms with E-state index in [4.69, 9.17) is 15.2 Å². The maximum absolute atomic E-state index is 15.9. The summed E-state index contributed by atoms with van der Waals surface area (Å²) in [6, 6.07) is 12.9. The van der Waals surface area contributed by atoms with E-state index in [0.717, 1.165) is 28.8 Å². The van der Waals surface area contributed by atoms with E-state index in [0.29, 0.717) is 16.2 Å². The molecule has 1 heterocycles. The lowest BCUT2D eigenvalue weighted by Gasteiger charge is -2.25. The SMILES string of the molecule is Cc1c(-c2cccc(OCC(N)=O)c2F)c(=O)n(CC(NC(=O)OC(C)(C)C)c2ccccc2)c(=O)n1Cc1c(F)cccc1C(F)(F)F. The van der Waals surface area contributed by atoms with Gasteiger partial charge < -0.3 is 20.5 Å². The predicted octanol–water partition coefficient (Wildman–Crippen LogP) is 5.46. The van der Waals surface area contributed by atoms with Crippen molar-refractivity contribution in [2.24, 2.45) is 5.73 Å². The predicted molar refractivity (Wildman–Crippen MR) is 169 cm³/mol. The van der Waals surface area contributed by atoms with Gasteiger partial charge in [0.1, 0.15) is 11.4 Å². The molecule has 15 heteroatoms. The van der Waals surface area contributed by atoms with Crippen LogP contribution in [0.4, 0.5) is 26.7 Å². The summed E-state index contributed by atoms with van der Waals surface area (Å²) in [5.74, 6) is -3.83.